The zero-order valence-corrected chi connectivity index (χ0v) is 16.2. The van der Waals surface area contributed by atoms with Gasteiger partial charge in [-0.15, -0.1) is 0 Å². The van der Waals surface area contributed by atoms with Gasteiger partial charge in [0, 0.05) is 27.6 Å². The van der Waals surface area contributed by atoms with Crippen molar-refractivity contribution in [2.24, 2.45) is 23.2 Å². The number of rotatable bonds is 6. The van der Waals surface area contributed by atoms with E-state index in [4.69, 9.17) is 8.92 Å². The van der Waals surface area contributed by atoms with Crippen LogP contribution in [0, 0.1) is 23.2 Å². The van der Waals surface area contributed by atoms with Crippen molar-refractivity contribution in [3.63, 3.8) is 0 Å². The van der Waals surface area contributed by atoms with Crippen molar-refractivity contribution in [2.75, 3.05) is 7.11 Å². The molecule has 5 heteroatoms. The Labute approximate surface area is 145 Å². The van der Waals surface area contributed by atoms with Crippen LogP contribution in [0.2, 0.25) is 0 Å². The Bertz CT molecular complexity index is 363. The first-order valence-corrected chi connectivity index (χ1v) is 11.3. The maximum atomic E-state index is 11.4. The third-order valence-corrected chi connectivity index (χ3v) is 6.96. The first-order valence-electron chi connectivity index (χ1n) is 8.03. The second-order valence-electron chi connectivity index (χ2n) is 6.98. The predicted molar refractivity (Wildman–Crippen MR) is 95.1 cm³/mol. The highest BCUT2D eigenvalue weighted by atomic mass is 127. The van der Waals surface area contributed by atoms with Gasteiger partial charge in [0.1, 0.15) is 0 Å². The van der Waals surface area contributed by atoms with Crippen LogP contribution in [0.1, 0.15) is 58.8 Å². The SMILES string of the molecule is COC(=O)CCC(C)C1CCC2C(OSI)CCCC12C. The van der Waals surface area contributed by atoms with Crippen LogP contribution in [0.25, 0.3) is 0 Å². The van der Waals surface area contributed by atoms with Crippen molar-refractivity contribution in [2.45, 2.75) is 64.9 Å². The van der Waals surface area contributed by atoms with Gasteiger partial charge in [0.25, 0.3) is 0 Å². The first kappa shape index (κ1) is 17.9. The van der Waals surface area contributed by atoms with Crippen molar-refractivity contribution < 1.29 is 13.7 Å². The lowest BCUT2D eigenvalue weighted by atomic mass is 9.61. The smallest absolute Gasteiger partial charge is 0.305 e. The van der Waals surface area contributed by atoms with Crippen LogP contribution in [0.15, 0.2) is 0 Å². The molecule has 2 fully saturated rings. The first-order chi connectivity index (χ1) is 10.0. The minimum Gasteiger partial charge on any atom is -0.469 e. The molecular formula is C16H27IO3S. The van der Waals surface area contributed by atoms with E-state index in [1.54, 1.807) is 0 Å². The zero-order valence-electron chi connectivity index (χ0n) is 13.3. The Morgan fingerprint density at radius 2 is 2.19 bits per heavy atom. The van der Waals surface area contributed by atoms with Crippen molar-refractivity contribution in [3.05, 3.63) is 0 Å². The van der Waals surface area contributed by atoms with Crippen LogP contribution in [0.5, 0.6) is 0 Å². The van der Waals surface area contributed by atoms with E-state index in [0.29, 0.717) is 29.8 Å². The molecule has 0 N–H and O–H groups in total. The van der Waals surface area contributed by atoms with Crippen LogP contribution in [0.3, 0.4) is 0 Å². The van der Waals surface area contributed by atoms with Gasteiger partial charge in [0.15, 0.2) is 0 Å². The van der Waals surface area contributed by atoms with Gasteiger partial charge in [0.05, 0.1) is 22.4 Å². The second kappa shape index (κ2) is 7.86. The van der Waals surface area contributed by atoms with Gasteiger partial charge in [-0.2, -0.15) is 0 Å². The summed E-state index contributed by atoms with van der Waals surface area (Å²) in [5.41, 5.74) is 0.394. The Kier molecular flexibility index (Phi) is 6.69. The zero-order chi connectivity index (χ0) is 15.5. The van der Waals surface area contributed by atoms with E-state index in [0.717, 1.165) is 12.3 Å². The summed E-state index contributed by atoms with van der Waals surface area (Å²) in [7, 11) is 2.97. The molecule has 2 aliphatic carbocycles. The predicted octanol–water partition coefficient (Wildman–Crippen LogP) is 5.18. The summed E-state index contributed by atoms with van der Waals surface area (Å²) in [6, 6.07) is 0. The second-order valence-corrected chi connectivity index (χ2v) is 8.38. The molecule has 122 valence electrons. The van der Waals surface area contributed by atoms with E-state index < -0.39 is 0 Å². The Morgan fingerprint density at radius 1 is 1.43 bits per heavy atom. The number of hydrogen-bond acceptors (Lipinski definition) is 4. The third kappa shape index (κ3) is 3.89. The van der Waals surface area contributed by atoms with E-state index >= 15 is 0 Å². The number of methoxy groups -OCH3 is 1. The fourth-order valence-corrected chi connectivity index (χ4v) is 6.03. The van der Waals surface area contributed by atoms with Crippen molar-refractivity contribution in [3.8, 4) is 0 Å². The number of esters is 1. The molecule has 3 nitrogen and oxygen atoms in total. The maximum Gasteiger partial charge on any atom is 0.305 e. The van der Waals surface area contributed by atoms with Crippen molar-refractivity contribution >= 4 is 36.4 Å². The number of ether oxygens (including phenoxy) is 1. The molecule has 5 unspecified atom stereocenters. The molecule has 0 radical (unpaired) electrons. The fourth-order valence-electron chi connectivity index (χ4n) is 4.91. The monoisotopic (exact) mass is 426 g/mol. The van der Waals surface area contributed by atoms with Crippen LogP contribution in [-0.2, 0) is 13.7 Å². The highest BCUT2D eigenvalue weighted by molar-refractivity contribution is 14.2. The topological polar surface area (TPSA) is 35.5 Å². The van der Waals surface area contributed by atoms with Gasteiger partial charge >= 0.3 is 5.97 Å². The summed E-state index contributed by atoms with van der Waals surface area (Å²) < 4.78 is 10.7. The molecule has 2 aliphatic rings. The van der Waals surface area contributed by atoms with Crippen LogP contribution in [-0.4, -0.2) is 19.2 Å². The molecule has 0 spiro atoms. The summed E-state index contributed by atoms with van der Waals surface area (Å²) in [5, 5.41) is 0. The quantitative estimate of drug-likeness (QED) is 0.333. The van der Waals surface area contributed by atoms with Gasteiger partial charge in [-0.3, -0.25) is 4.79 Å². The number of carbonyl (C=O) groups is 1. The summed E-state index contributed by atoms with van der Waals surface area (Å²) in [4.78, 5) is 11.4. The number of carbonyl (C=O) groups excluding carboxylic acids is 1. The van der Waals surface area contributed by atoms with Gasteiger partial charge in [0.2, 0.25) is 0 Å². The molecule has 21 heavy (non-hydrogen) atoms. The lowest BCUT2D eigenvalue weighted by Crippen LogP contribution is -2.41. The van der Waals surface area contributed by atoms with Gasteiger partial charge < -0.3 is 8.92 Å². The fraction of sp³-hybridized carbons (Fsp3) is 0.938. The molecular weight excluding hydrogens is 399 g/mol. The van der Waals surface area contributed by atoms with E-state index in [1.807, 2.05) is 0 Å². The molecule has 5 atom stereocenters. The minimum atomic E-state index is -0.0762. The van der Waals surface area contributed by atoms with Crippen LogP contribution < -0.4 is 0 Å². The Hall–Kier alpha value is 0.510. The largest absolute Gasteiger partial charge is 0.469 e. The molecule has 2 saturated carbocycles. The third-order valence-electron chi connectivity index (χ3n) is 6.01. The molecule has 0 amide bonds. The summed E-state index contributed by atoms with van der Waals surface area (Å²) in [6.07, 6.45) is 8.29. The average Bonchev–Trinajstić information content (AvgIpc) is 2.82. The molecule has 0 heterocycles. The highest BCUT2D eigenvalue weighted by Gasteiger charge is 2.52. The maximum absolute atomic E-state index is 11.4. The lowest BCUT2D eigenvalue weighted by Gasteiger charge is -2.46. The Balaban J connectivity index is 2.00. The number of halogens is 1. The van der Waals surface area contributed by atoms with Gasteiger partial charge in [-0.1, -0.05) is 20.3 Å². The van der Waals surface area contributed by atoms with Crippen LogP contribution >= 0.6 is 30.4 Å². The van der Waals surface area contributed by atoms with E-state index in [1.165, 1.54) is 48.4 Å². The van der Waals surface area contributed by atoms with E-state index in [2.05, 4.69) is 35.1 Å². The molecule has 0 aromatic rings. The summed E-state index contributed by atoms with van der Waals surface area (Å²) in [6.45, 7) is 4.79. The minimum absolute atomic E-state index is 0.0762. The molecule has 0 aromatic heterocycles. The van der Waals surface area contributed by atoms with Gasteiger partial charge in [-0.05, 0) is 55.3 Å². The normalized spacial score (nSPS) is 37.0. The highest BCUT2D eigenvalue weighted by Crippen LogP contribution is 2.59. The van der Waals surface area contributed by atoms with Gasteiger partial charge in [-0.25, -0.2) is 0 Å². The van der Waals surface area contributed by atoms with Crippen molar-refractivity contribution in [1.82, 2.24) is 0 Å². The van der Waals surface area contributed by atoms with Crippen molar-refractivity contribution in [1.29, 1.82) is 0 Å². The Morgan fingerprint density at radius 3 is 2.86 bits per heavy atom. The molecule has 2 rings (SSSR count). The number of fused-ring (bicyclic) bond motifs is 1. The molecule has 0 saturated heterocycles. The van der Waals surface area contributed by atoms with E-state index in [-0.39, 0.29) is 5.97 Å². The number of hydrogen-bond donors (Lipinski definition) is 0. The molecule has 0 aliphatic heterocycles. The molecule has 0 bridgehead atoms. The lowest BCUT2D eigenvalue weighted by molar-refractivity contribution is -0.141. The molecule has 0 aromatic carbocycles. The average molecular weight is 426 g/mol. The van der Waals surface area contributed by atoms with Crippen LogP contribution in [0.4, 0.5) is 0 Å². The standard InChI is InChI=1S/C16H27IO3S/c1-11(6-9-15(18)19-3)12-7-8-13-14(20-21-17)5-4-10-16(12,13)2/h11-14H,4-10H2,1-3H3. The summed E-state index contributed by atoms with van der Waals surface area (Å²) in [5.74, 6) is 1.93. The summed E-state index contributed by atoms with van der Waals surface area (Å²) >= 11 is 2.23. The van der Waals surface area contributed by atoms with E-state index in [9.17, 15) is 4.79 Å².